The number of carbonyl (C=O) groups excluding carboxylic acids is 1. The molecule has 1 amide bonds. The fourth-order valence-corrected chi connectivity index (χ4v) is 2.50. The van der Waals surface area contributed by atoms with Gasteiger partial charge in [0.25, 0.3) is 0 Å². The Bertz CT molecular complexity index is 444. The first-order valence-electron chi connectivity index (χ1n) is 7.47. The van der Waals surface area contributed by atoms with Gasteiger partial charge in [-0.1, -0.05) is 12.1 Å². The van der Waals surface area contributed by atoms with Gasteiger partial charge in [0.2, 0.25) is 5.91 Å². The Hall–Kier alpha value is -1.46. The van der Waals surface area contributed by atoms with Crippen molar-refractivity contribution >= 4 is 5.91 Å². The zero-order chi connectivity index (χ0) is 15.1. The van der Waals surface area contributed by atoms with Crippen molar-refractivity contribution in [3.05, 3.63) is 35.6 Å². The van der Waals surface area contributed by atoms with Crippen molar-refractivity contribution in [3.8, 4) is 0 Å². The van der Waals surface area contributed by atoms with E-state index in [1.807, 2.05) is 0 Å². The lowest BCUT2D eigenvalue weighted by Crippen LogP contribution is -2.42. The van der Waals surface area contributed by atoms with Crippen LogP contribution in [0.3, 0.4) is 0 Å². The molecule has 2 rings (SSSR count). The van der Waals surface area contributed by atoms with Crippen LogP contribution in [0.4, 0.5) is 4.39 Å². The van der Waals surface area contributed by atoms with Gasteiger partial charge in [-0.05, 0) is 43.4 Å². The second kappa shape index (κ2) is 8.10. The average molecular weight is 294 g/mol. The third-order valence-electron chi connectivity index (χ3n) is 3.96. The van der Waals surface area contributed by atoms with Gasteiger partial charge >= 0.3 is 0 Å². The van der Waals surface area contributed by atoms with Gasteiger partial charge in [0.15, 0.2) is 0 Å². The predicted molar refractivity (Wildman–Crippen MR) is 79.3 cm³/mol. The minimum atomic E-state index is -0.267. The molecular weight excluding hydrogens is 271 g/mol. The van der Waals surface area contributed by atoms with Gasteiger partial charge in [0.05, 0.1) is 6.54 Å². The molecule has 0 aliphatic carbocycles. The quantitative estimate of drug-likeness (QED) is 0.842. The molecule has 1 aromatic rings. The molecule has 116 valence electrons. The van der Waals surface area contributed by atoms with Crippen LogP contribution in [0, 0.1) is 11.7 Å². The first kappa shape index (κ1) is 15.9. The molecule has 5 heteroatoms. The number of hydrogen-bond acceptors (Lipinski definition) is 3. The Morgan fingerprint density at radius 1 is 1.33 bits per heavy atom. The number of halogens is 1. The zero-order valence-electron chi connectivity index (χ0n) is 12.4. The summed E-state index contributed by atoms with van der Waals surface area (Å²) in [5.41, 5.74) is 0.891. The SMILES string of the molecule is CC(NCC(=O)NCc1ccc(F)cc1)C1CCOCC1. The van der Waals surface area contributed by atoms with Crippen molar-refractivity contribution in [1.29, 1.82) is 0 Å². The van der Waals surface area contributed by atoms with E-state index in [0.717, 1.165) is 31.6 Å². The van der Waals surface area contributed by atoms with E-state index in [1.165, 1.54) is 12.1 Å². The van der Waals surface area contributed by atoms with Crippen molar-refractivity contribution in [3.63, 3.8) is 0 Å². The van der Waals surface area contributed by atoms with Crippen LogP contribution >= 0.6 is 0 Å². The van der Waals surface area contributed by atoms with Gasteiger partial charge in [-0.2, -0.15) is 0 Å². The van der Waals surface area contributed by atoms with Crippen LogP contribution in [0.2, 0.25) is 0 Å². The van der Waals surface area contributed by atoms with Crippen molar-refractivity contribution in [1.82, 2.24) is 10.6 Å². The average Bonchev–Trinajstić information content (AvgIpc) is 2.53. The topological polar surface area (TPSA) is 50.4 Å². The highest BCUT2D eigenvalue weighted by atomic mass is 19.1. The van der Waals surface area contributed by atoms with Crippen LogP contribution in [0.5, 0.6) is 0 Å². The van der Waals surface area contributed by atoms with E-state index in [-0.39, 0.29) is 11.7 Å². The Morgan fingerprint density at radius 2 is 2.00 bits per heavy atom. The maximum absolute atomic E-state index is 12.8. The van der Waals surface area contributed by atoms with Crippen LogP contribution in [0.1, 0.15) is 25.3 Å². The van der Waals surface area contributed by atoms with E-state index in [9.17, 15) is 9.18 Å². The number of hydrogen-bond donors (Lipinski definition) is 2. The summed E-state index contributed by atoms with van der Waals surface area (Å²) >= 11 is 0. The Labute approximate surface area is 125 Å². The maximum Gasteiger partial charge on any atom is 0.234 e. The lowest BCUT2D eigenvalue weighted by atomic mass is 9.93. The molecule has 0 spiro atoms. The number of nitrogens with one attached hydrogen (secondary N) is 2. The van der Waals surface area contributed by atoms with Crippen LogP contribution in [0.25, 0.3) is 0 Å². The van der Waals surface area contributed by atoms with Crippen LogP contribution in [0.15, 0.2) is 24.3 Å². The van der Waals surface area contributed by atoms with Gasteiger partial charge in [-0.15, -0.1) is 0 Å². The molecule has 1 fully saturated rings. The third kappa shape index (κ3) is 5.44. The summed E-state index contributed by atoms with van der Waals surface area (Å²) in [5.74, 6) is 0.263. The fourth-order valence-electron chi connectivity index (χ4n) is 2.50. The summed E-state index contributed by atoms with van der Waals surface area (Å²) < 4.78 is 18.1. The Morgan fingerprint density at radius 3 is 2.67 bits per heavy atom. The lowest BCUT2D eigenvalue weighted by Gasteiger charge is -2.28. The summed E-state index contributed by atoms with van der Waals surface area (Å²) in [5, 5.41) is 6.10. The molecular formula is C16H23FN2O2. The maximum atomic E-state index is 12.8. The molecule has 1 saturated heterocycles. The Balaban J connectivity index is 1.66. The second-order valence-corrected chi connectivity index (χ2v) is 5.52. The van der Waals surface area contributed by atoms with E-state index >= 15 is 0 Å². The van der Waals surface area contributed by atoms with Crippen LogP contribution in [-0.2, 0) is 16.1 Å². The smallest absolute Gasteiger partial charge is 0.234 e. The van der Waals surface area contributed by atoms with E-state index in [2.05, 4.69) is 17.6 Å². The summed E-state index contributed by atoms with van der Waals surface area (Å²) in [6, 6.07) is 6.45. The van der Waals surface area contributed by atoms with Gasteiger partial charge in [0, 0.05) is 25.8 Å². The summed E-state index contributed by atoms with van der Waals surface area (Å²) in [7, 11) is 0. The second-order valence-electron chi connectivity index (χ2n) is 5.52. The van der Waals surface area contributed by atoms with E-state index in [0.29, 0.717) is 25.0 Å². The minimum absolute atomic E-state index is 0.0433. The normalized spacial score (nSPS) is 17.4. The molecule has 2 N–H and O–H groups in total. The first-order chi connectivity index (χ1) is 10.1. The lowest BCUT2D eigenvalue weighted by molar-refractivity contribution is -0.120. The molecule has 1 aliphatic rings. The summed E-state index contributed by atoms with van der Waals surface area (Å²) in [6.07, 6.45) is 2.09. The van der Waals surface area contributed by atoms with E-state index < -0.39 is 0 Å². The van der Waals surface area contributed by atoms with E-state index in [4.69, 9.17) is 4.74 Å². The number of rotatable bonds is 6. The predicted octanol–water partition coefficient (Wildman–Crippen LogP) is 1.85. The molecule has 0 saturated carbocycles. The van der Waals surface area contributed by atoms with Crippen molar-refractivity contribution < 1.29 is 13.9 Å². The standard InChI is InChI=1S/C16H23FN2O2/c1-12(14-6-8-21-9-7-14)18-11-16(20)19-10-13-2-4-15(17)5-3-13/h2-5,12,14,18H,6-11H2,1H3,(H,19,20). The van der Waals surface area contributed by atoms with Gasteiger partial charge in [0.1, 0.15) is 5.82 Å². The summed E-state index contributed by atoms with van der Waals surface area (Å²) in [6.45, 7) is 4.47. The molecule has 1 atom stereocenters. The van der Waals surface area contributed by atoms with Crippen LogP contribution < -0.4 is 10.6 Å². The minimum Gasteiger partial charge on any atom is -0.381 e. The van der Waals surface area contributed by atoms with Crippen molar-refractivity contribution in [2.45, 2.75) is 32.4 Å². The molecule has 21 heavy (non-hydrogen) atoms. The number of ether oxygens (including phenoxy) is 1. The highest BCUT2D eigenvalue weighted by Crippen LogP contribution is 2.18. The number of amides is 1. The number of carbonyl (C=O) groups is 1. The zero-order valence-corrected chi connectivity index (χ0v) is 12.4. The largest absolute Gasteiger partial charge is 0.381 e. The highest BCUT2D eigenvalue weighted by Gasteiger charge is 2.20. The molecule has 4 nitrogen and oxygen atoms in total. The van der Waals surface area contributed by atoms with Gasteiger partial charge < -0.3 is 15.4 Å². The number of benzene rings is 1. The van der Waals surface area contributed by atoms with Crippen molar-refractivity contribution in [2.75, 3.05) is 19.8 Å². The Kier molecular flexibility index (Phi) is 6.14. The third-order valence-corrected chi connectivity index (χ3v) is 3.96. The molecule has 1 aliphatic heterocycles. The monoisotopic (exact) mass is 294 g/mol. The first-order valence-corrected chi connectivity index (χ1v) is 7.47. The molecule has 1 unspecified atom stereocenters. The van der Waals surface area contributed by atoms with Crippen molar-refractivity contribution in [2.24, 2.45) is 5.92 Å². The molecule has 1 aromatic carbocycles. The molecule has 0 aromatic heterocycles. The molecule has 0 bridgehead atoms. The molecule has 1 heterocycles. The van der Waals surface area contributed by atoms with Gasteiger partial charge in [-0.25, -0.2) is 4.39 Å². The van der Waals surface area contributed by atoms with E-state index in [1.54, 1.807) is 12.1 Å². The highest BCUT2D eigenvalue weighted by molar-refractivity contribution is 5.78. The van der Waals surface area contributed by atoms with Gasteiger partial charge in [-0.3, -0.25) is 4.79 Å². The summed E-state index contributed by atoms with van der Waals surface area (Å²) in [4.78, 5) is 11.8. The molecule has 0 radical (unpaired) electrons. The van der Waals surface area contributed by atoms with Crippen LogP contribution in [-0.4, -0.2) is 31.7 Å². The fraction of sp³-hybridized carbons (Fsp3) is 0.562.